The Balaban J connectivity index is 2.80. The number of hydrogen-bond acceptors (Lipinski definition) is 2. The standard InChI is InChI=1S/C10H12Cl2F4O2/c1-3-18-8(17)7(12)6(11)5-4(2)9(13,14)10(5,15)16/h4-7H,3H2,1-2H3. The monoisotopic (exact) mass is 310 g/mol. The fourth-order valence-electron chi connectivity index (χ4n) is 1.98. The lowest BCUT2D eigenvalue weighted by molar-refractivity contribution is -0.349. The van der Waals surface area contributed by atoms with Crippen LogP contribution in [0, 0.1) is 11.8 Å². The first-order valence-corrected chi connectivity index (χ1v) is 6.16. The van der Waals surface area contributed by atoms with Crippen molar-refractivity contribution in [2.24, 2.45) is 11.8 Å². The molecule has 0 aromatic heterocycles. The largest absolute Gasteiger partial charge is 0.465 e. The molecule has 1 saturated carbocycles. The van der Waals surface area contributed by atoms with Crippen LogP contribution in [0.25, 0.3) is 0 Å². The van der Waals surface area contributed by atoms with Gasteiger partial charge in [-0.2, -0.15) is 17.6 Å². The van der Waals surface area contributed by atoms with Crippen LogP contribution in [0.15, 0.2) is 0 Å². The summed E-state index contributed by atoms with van der Waals surface area (Å²) in [5.41, 5.74) is 0. The molecule has 0 heterocycles. The summed E-state index contributed by atoms with van der Waals surface area (Å²) in [6.07, 6.45) is 0. The third-order valence-electron chi connectivity index (χ3n) is 3.11. The molecule has 1 aliphatic carbocycles. The summed E-state index contributed by atoms with van der Waals surface area (Å²) in [6.45, 7) is 2.45. The van der Waals surface area contributed by atoms with Crippen LogP contribution in [0.2, 0.25) is 0 Å². The van der Waals surface area contributed by atoms with Crippen molar-refractivity contribution in [3.05, 3.63) is 0 Å². The van der Waals surface area contributed by atoms with Crippen LogP contribution in [0.3, 0.4) is 0 Å². The van der Waals surface area contributed by atoms with Crippen molar-refractivity contribution in [3.63, 3.8) is 0 Å². The summed E-state index contributed by atoms with van der Waals surface area (Å²) in [6, 6.07) is 0. The van der Waals surface area contributed by atoms with Gasteiger partial charge in [0.25, 0.3) is 0 Å². The molecule has 4 unspecified atom stereocenters. The second kappa shape index (κ2) is 5.04. The topological polar surface area (TPSA) is 26.3 Å². The minimum Gasteiger partial charge on any atom is -0.465 e. The predicted octanol–water partition coefficient (Wildman–Crippen LogP) is 3.30. The molecule has 8 heteroatoms. The molecular weight excluding hydrogens is 299 g/mol. The van der Waals surface area contributed by atoms with E-state index in [0.29, 0.717) is 0 Å². The van der Waals surface area contributed by atoms with Gasteiger partial charge in [-0.25, -0.2) is 0 Å². The van der Waals surface area contributed by atoms with Gasteiger partial charge in [0.15, 0.2) is 0 Å². The molecule has 0 radical (unpaired) electrons. The van der Waals surface area contributed by atoms with Crippen LogP contribution >= 0.6 is 23.2 Å². The SMILES string of the molecule is CCOC(=O)C(Cl)C(Cl)C1C(C)C(F)(F)C1(F)F. The average Bonchev–Trinajstić information content (AvgIpc) is 2.27. The highest BCUT2D eigenvalue weighted by atomic mass is 35.5. The van der Waals surface area contributed by atoms with Crippen LogP contribution < -0.4 is 0 Å². The van der Waals surface area contributed by atoms with Gasteiger partial charge in [-0.05, 0) is 6.92 Å². The Morgan fingerprint density at radius 2 is 1.78 bits per heavy atom. The molecule has 0 aromatic carbocycles. The highest BCUT2D eigenvalue weighted by molar-refractivity contribution is 6.37. The van der Waals surface area contributed by atoms with E-state index in [0.717, 1.165) is 6.92 Å². The van der Waals surface area contributed by atoms with Gasteiger partial charge in [0, 0.05) is 5.92 Å². The van der Waals surface area contributed by atoms with Crippen LogP contribution in [-0.2, 0) is 9.53 Å². The third kappa shape index (κ3) is 2.18. The maximum Gasteiger partial charge on any atom is 0.325 e. The van der Waals surface area contributed by atoms with E-state index in [9.17, 15) is 22.4 Å². The lowest BCUT2D eigenvalue weighted by Crippen LogP contribution is -2.69. The molecule has 4 atom stereocenters. The van der Waals surface area contributed by atoms with Crippen LogP contribution in [-0.4, -0.2) is 35.2 Å². The van der Waals surface area contributed by atoms with Gasteiger partial charge < -0.3 is 4.74 Å². The number of carbonyl (C=O) groups is 1. The van der Waals surface area contributed by atoms with E-state index < -0.39 is 40.4 Å². The summed E-state index contributed by atoms with van der Waals surface area (Å²) < 4.78 is 56.9. The molecule has 1 rings (SSSR count). The molecule has 0 saturated heterocycles. The first-order valence-electron chi connectivity index (χ1n) is 5.29. The Morgan fingerprint density at radius 3 is 2.17 bits per heavy atom. The van der Waals surface area contributed by atoms with Crippen molar-refractivity contribution in [2.45, 2.75) is 36.4 Å². The molecule has 18 heavy (non-hydrogen) atoms. The molecule has 1 fully saturated rings. The van der Waals surface area contributed by atoms with E-state index in [4.69, 9.17) is 23.2 Å². The summed E-state index contributed by atoms with van der Waals surface area (Å²) in [5, 5.41) is -3.20. The van der Waals surface area contributed by atoms with Gasteiger partial charge in [-0.15, -0.1) is 23.2 Å². The molecule has 1 aliphatic rings. The highest BCUT2D eigenvalue weighted by Gasteiger charge is 2.78. The zero-order valence-corrected chi connectivity index (χ0v) is 11.1. The van der Waals surface area contributed by atoms with Gasteiger partial charge in [-0.3, -0.25) is 4.79 Å². The maximum absolute atomic E-state index is 13.2. The predicted molar refractivity (Wildman–Crippen MR) is 58.5 cm³/mol. The Kier molecular flexibility index (Phi) is 4.43. The number of carbonyl (C=O) groups excluding carboxylic acids is 1. The van der Waals surface area contributed by atoms with E-state index in [1.807, 2.05) is 0 Å². The first kappa shape index (κ1) is 15.8. The number of esters is 1. The molecule has 0 bridgehead atoms. The van der Waals surface area contributed by atoms with Gasteiger partial charge in [0.1, 0.15) is 5.38 Å². The number of alkyl halides is 6. The molecule has 106 valence electrons. The summed E-state index contributed by atoms with van der Waals surface area (Å²) in [7, 11) is 0. The van der Waals surface area contributed by atoms with E-state index in [-0.39, 0.29) is 6.61 Å². The molecule has 2 nitrogen and oxygen atoms in total. The fourth-order valence-corrected chi connectivity index (χ4v) is 2.68. The van der Waals surface area contributed by atoms with E-state index in [2.05, 4.69) is 4.74 Å². The second-order valence-electron chi connectivity index (χ2n) is 4.16. The first-order chi connectivity index (χ1) is 8.09. The van der Waals surface area contributed by atoms with Crippen molar-refractivity contribution in [1.29, 1.82) is 0 Å². The highest BCUT2D eigenvalue weighted by Crippen LogP contribution is 2.61. The molecule has 0 spiro atoms. The van der Waals surface area contributed by atoms with E-state index in [1.54, 1.807) is 0 Å². The van der Waals surface area contributed by atoms with Crippen molar-refractivity contribution in [3.8, 4) is 0 Å². The number of rotatable bonds is 4. The minimum atomic E-state index is -4.27. The van der Waals surface area contributed by atoms with Crippen LogP contribution in [0.1, 0.15) is 13.8 Å². The fraction of sp³-hybridized carbons (Fsp3) is 0.900. The Hall–Kier alpha value is -0.230. The molecular formula is C10H12Cl2F4O2. The Labute approximate surface area is 112 Å². The van der Waals surface area contributed by atoms with Crippen molar-refractivity contribution >= 4 is 29.2 Å². The summed E-state index contributed by atoms with van der Waals surface area (Å²) in [4.78, 5) is 11.2. The normalized spacial score (nSPS) is 32.2. The van der Waals surface area contributed by atoms with Gasteiger partial charge in [0.05, 0.1) is 17.9 Å². The van der Waals surface area contributed by atoms with Crippen LogP contribution in [0.4, 0.5) is 17.6 Å². The zero-order chi connectivity index (χ0) is 14.3. The number of hydrogen-bond donors (Lipinski definition) is 0. The molecule has 0 amide bonds. The average molecular weight is 311 g/mol. The Bertz CT molecular complexity index is 338. The Morgan fingerprint density at radius 1 is 1.28 bits per heavy atom. The van der Waals surface area contributed by atoms with E-state index >= 15 is 0 Å². The van der Waals surface area contributed by atoms with E-state index in [1.165, 1.54) is 6.92 Å². The smallest absolute Gasteiger partial charge is 0.325 e. The minimum absolute atomic E-state index is 0.00155. The van der Waals surface area contributed by atoms with Gasteiger partial charge in [-0.1, -0.05) is 6.92 Å². The molecule has 0 N–H and O–H groups in total. The van der Waals surface area contributed by atoms with Crippen molar-refractivity contribution in [1.82, 2.24) is 0 Å². The molecule has 0 aromatic rings. The van der Waals surface area contributed by atoms with Crippen LogP contribution in [0.5, 0.6) is 0 Å². The summed E-state index contributed by atoms with van der Waals surface area (Å²) >= 11 is 11.2. The van der Waals surface area contributed by atoms with Gasteiger partial charge >= 0.3 is 17.8 Å². The van der Waals surface area contributed by atoms with Gasteiger partial charge in [0.2, 0.25) is 0 Å². The quantitative estimate of drug-likeness (QED) is 0.452. The lowest BCUT2D eigenvalue weighted by atomic mass is 9.65. The number of halogens is 6. The number of ether oxygens (including phenoxy) is 1. The molecule has 0 aliphatic heterocycles. The third-order valence-corrected chi connectivity index (χ3v) is 4.21. The lowest BCUT2D eigenvalue weighted by Gasteiger charge is -2.51. The van der Waals surface area contributed by atoms with Crippen molar-refractivity contribution < 1.29 is 27.1 Å². The zero-order valence-electron chi connectivity index (χ0n) is 9.60. The summed E-state index contributed by atoms with van der Waals surface area (Å²) in [5.74, 6) is -12.9. The van der Waals surface area contributed by atoms with Crippen molar-refractivity contribution in [2.75, 3.05) is 6.61 Å². The second-order valence-corrected chi connectivity index (χ2v) is 5.13. The maximum atomic E-state index is 13.2.